The van der Waals surface area contributed by atoms with Gasteiger partial charge >= 0.3 is 0 Å². The van der Waals surface area contributed by atoms with Gasteiger partial charge in [0.1, 0.15) is 0 Å². The highest BCUT2D eigenvalue weighted by atomic mass is 35.5. The van der Waals surface area contributed by atoms with Crippen LogP contribution in [0.2, 0.25) is 5.02 Å². The van der Waals surface area contributed by atoms with Gasteiger partial charge in [0.2, 0.25) is 5.91 Å². The molecule has 100 valence electrons. The number of carbonyl (C=O) groups excluding carboxylic acids is 1. The Hall–Kier alpha value is -1.53. The van der Waals surface area contributed by atoms with Crippen LogP contribution in [0.1, 0.15) is 6.92 Å². The summed E-state index contributed by atoms with van der Waals surface area (Å²) < 4.78 is 1.80. The van der Waals surface area contributed by atoms with Crippen molar-refractivity contribution in [1.29, 1.82) is 0 Å². The first kappa shape index (κ1) is 13.9. The van der Waals surface area contributed by atoms with Crippen molar-refractivity contribution in [2.75, 3.05) is 0 Å². The molecule has 1 aromatic carbocycles. The van der Waals surface area contributed by atoms with Gasteiger partial charge < -0.3 is 10.3 Å². The van der Waals surface area contributed by atoms with E-state index in [9.17, 15) is 4.79 Å². The number of hydrogen-bond donors (Lipinski definition) is 1. The summed E-state index contributed by atoms with van der Waals surface area (Å²) >= 11 is 7.41. The number of amides is 1. The minimum atomic E-state index is -0.382. The molecule has 2 N–H and O–H groups in total. The fourth-order valence-corrected chi connectivity index (χ4v) is 2.50. The van der Waals surface area contributed by atoms with Gasteiger partial charge in [0, 0.05) is 12.6 Å². The van der Waals surface area contributed by atoms with Crippen LogP contribution < -0.4 is 5.73 Å². The van der Waals surface area contributed by atoms with E-state index < -0.39 is 0 Å². The number of nitrogens with zero attached hydrogens (tertiary/aromatic N) is 3. The second-order valence-electron chi connectivity index (χ2n) is 4.01. The van der Waals surface area contributed by atoms with Crippen molar-refractivity contribution in [1.82, 2.24) is 14.8 Å². The zero-order chi connectivity index (χ0) is 14.0. The van der Waals surface area contributed by atoms with Gasteiger partial charge in [0.05, 0.1) is 10.3 Å². The standard InChI is InChI=1S/C12H13ClN4OS/c1-7(10(14)18)19-12-16-15-11(17(12)2)8-5-3-4-6-9(8)13/h3-7H,1-2H3,(H2,14,18). The molecule has 1 heterocycles. The molecule has 2 rings (SSSR count). The minimum Gasteiger partial charge on any atom is -0.369 e. The average molecular weight is 297 g/mol. The van der Waals surface area contributed by atoms with E-state index >= 15 is 0 Å². The lowest BCUT2D eigenvalue weighted by atomic mass is 10.2. The van der Waals surface area contributed by atoms with E-state index in [0.717, 1.165) is 5.56 Å². The summed E-state index contributed by atoms with van der Waals surface area (Å²) in [6.45, 7) is 1.73. The quantitative estimate of drug-likeness (QED) is 0.877. The van der Waals surface area contributed by atoms with E-state index in [1.807, 2.05) is 25.2 Å². The molecule has 1 amide bonds. The highest BCUT2D eigenvalue weighted by Crippen LogP contribution is 2.29. The van der Waals surface area contributed by atoms with Gasteiger partial charge in [-0.05, 0) is 19.1 Å². The van der Waals surface area contributed by atoms with Crippen molar-refractivity contribution >= 4 is 29.3 Å². The zero-order valence-electron chi connectivity index (χ0n) is 10.5. The van der Waals surface area contributed by atoms with Crippen LogP contribution in [0.4, 0.5) is 0 Å². The van der Waals surface area contributed by atoms with Crippen LogP contribution >= 0.6 is 23.4 Å². The summed E-state index contributed by atoms with van der Waals surface area (Å²) in [6, 6.07) is 7.41. The fraction of sp³-hybridized carbons (Fsp3) is 0.250. The highest BCUT2D eigenvalue weighted by molar-refractivity contribution is 8.00. The van der Waals surface area contributed by atoms with Crippen molar-refractivity contribution < 1.29 is 4.79 Å². The molecule has 0 bridgehead atoms. The van der Waals surface area contributed by atoms with Gasteiger partial charge in [-0.3, -0.25) is 4.79 Å². The van der Waals surface area contributed by atoms with Gasteiger partial charge in [-0.25, -0.2) is 0 Å². The first-order valence-corrected chi connectivity index (χ1v) is 6.86. The molecule has 0 aliphatic rings. The van der Waals surface area contributed by atoms with E-state index in [-0.39, 0.29) is 11.2 Å². The number of carbonyl (C=O) groups is 1. The monoisotopic (exact) mass is 296 g/mol. The van der Waals surface area contributed by atoms with Gasteiger partial charge in [0.15, 0.2) is 11.0 Å². The third-order valence-corrected chi connectivity index (χ3v) is 4.11. The lowest BCUT2D eigenvalue weighted by Gasteiger charge is -2.07. The number of halogens is 1. The Morgan fingerprint density at radius 1 is 1.42 bits per heavy atom. The van der Waals surface area contributed by atoms with E-state index in [1.54, 1.807) is 17.6 Å². The predicted octanol–water partition coefficient (Wildman–Crippen LogP) is 2.10. The van der Waals surface area contributed by atoms with Crippen LogP contribution in [-0.4, -0.2) is 25.9 Å². The van der Waals surface area contributed by atoms with Crippen molar-refractivity contribution in [2.24, 2.45) is 12.8 Å². The molecule has 0 radical (unpaired) electrons. The van der Waals surface area contributed by atoms with Crippen molar-refractivity contribution in [3.05, 3.63) is 29.3 Å². The number of thioether (sulfide) groups is 1. The van der Waals surface area contributed by atoms with Crippen molar-refractivity contribution in [3.8, 4) is 11.4 Å². The SMILES string of the molecule is CC(Sc1nnc(-c2ccccc2Cl)n1C)C(N)=O. The van der Waals surface area contributed by atoms with Crippen LogP contribution in [0.25, 0.3) is 11.4 Å². The summed E-state index contributed by atoms with van der Waals surface area (Å²) in [5.41, 5.74) is 6.04. The lowest BCUT2D eigenvalue weighted by Crippen LogP contribution is -2.22. The summed E-state index contributed by atoms with van der Waals surface area (Å²) in [4.78, 5) is 11.1. The maximum atomic E-state index is 11.1. The second kappa shape index (κ2) is 5.63. The van der Waals surface area contributed by atoms with Gasteiger partial charge in [-0.15, -0.1) is 10.2 Å². The van der Waals surface area contributed by atoms with Gasteiger partial charge in [-0.1, -0.05) is 35.5 Å². The van der Waals surface area contributed by atoms with Crippen molar-refractivity contribution in [2.45, 2.75) is 17.3 Å². The topological polar surface area (TPSA) is 73.8 Å². The van der Waals surface area contributed by atoms with E-state index in [0.29, 0.717) is 16.0 Å². The minimum absolute atomic E-state index is 0.359. The van der Waals surface area contributed by atoms with Gasteiger partial charge in [0.25, 0.3) is 0 Å². The molecule has 0 aliphatic carbocycles. The third kappa shape index (κ3) is 2.90. The number of benzene rings is 1. The van der Waals surface area contributed by atoms with Crippen LogP contribution in [0.3, 0.4) is 0 Å². The molecule has 2 aromatic rings. The molecule has 0 fully saturated rings. The van der Waals surface area contributed by atoms with E-state index in [1.165, 1.54) is 11.8 Å². The molecule has 1 unspecified atom stereocenters. The number of aromatic nitrogens is 3. The predicted molar refractivity (Wildman–Crippen MR) is 76.0 cm³/mol. The summed E-state index contributed by atoms with van der Waals surface area (Å²) in [6.07, 6.45) is 0. The normalized spacial score (nSPS) is 12.4. The Morgan fingerprint density at radius 2 is 2.11 bits per heavy atom. The summed E-state index contributed by atoms with van der Waals surface area (Å²) in [5, 5.41) is 9.06. The molecular formula is C12H13ClN4OS. The van der Waals surface area contributed by atoms with Crippen molar-refractivity contribution in [3.63, 3.8) is 0 Å². The largest absolute Gasteiger partial charge is 0.369 e. The molecule has 1 atom stereocenters. The lowest BCUT2D eigenvalue weighted by molar-refractivity contribution is -0.117. The number of primary amides is 1. The number of hydrogen-bond acceptors (Lipinski definition) is 4. The maximum Gasteiger partial charge on any atom is 0.230 e. The molecule has 7 heteroatoms. The van der Waals surface area contributed by atoms with E-state index in [4.69, 9.17) is 17.3 Å². The summed E-state index contributed by atoms with van der Waals surface area (Å²) in [5.74, 6) is 0.275. The highest BCUT2D eigenvalue weighted by Gasteiger charge is 2.18. The Balaban J connectivity index is 2.34. The fourth-order valence-electron chi connectivity index (χ4n) is 1.51. The zero-order valence-corrected chi connectivity index (χ0v) is 12.1. The molecular weight excluding hydrogens is 284 g/mol. The van der Waals surface area contributed by atoms with Crippen LogP contribution in [0, 0.1) is 0 Å². The molecule has 0 saturated heterocycles. The Labute approximate surface area is 120 Å². The first-order valence-electron chi connectivity index (χ1n) is 5.61. The smallest absolute Gasteiger partial charge is 0.230 e. The molecule has 0 aliphatic heterocycles. The molecule has 1 aromatic heterocycles. The molecule has 19 heavy (non-hydrogen) atoms. The Kier molecular flexibility index (Phi) is 4.11. The maximum absolute atomic E-state index is 11.1. The van der Waals surface area contributed by atoms with Gasteiger partial charge in [-0.2, -0.15) is 0 Å². The van der Waals surface area contributed by atoms with Crippen LogP contribution in [0.15, 0.2) is 29.4 Å². The Morgan fingerprint density at radius 3 is 2.74 bits per heavy atom. The number of rotatable bonds is 4. The average Bonchev–Trinajstić information content (AvgIpc) is 2.72. The second-order valence-corrected chi connectivity index (χ2v) is 5.72. The summed E-state index contributed by atoms with van der Waals surface area (Å²) in [7, 11) is 1.83. The first-order chi connectivity index (χ1) is 9.00. The Bertz CT molecular complexity index is 614. The molecule has 0 saturated carbocycles. The molecule has 0 spiro atoms. The van der Waals surface area contributed by atoms with Crippen LogP contribution in [-0.2, 0) is 11.8 Å². The molecule has 5 nitrogen and oxygen atoms in total. The van der Waals surface area contributed by atoms with E-state index in [2.05, 4.69) is 10.2 Å². The number of nitrogens with two attached hydrogens (primary N) is 1. The van der Waals surface area contributed by atoms with Crippen LogP contribution in [0.5, 0.6) is 0 Å². The third-order valence-electron chi connectivity index (χ3n) is 2.63.